The summed E-state index contributed by atoms with van der Waals surface area (Å²) in [5.74, 6) is 0.582. The monoisotopic (exact) mass is 526 g/mol. The van der Waals surface area contributed by atoms with Gasteiger partial charge in [0.1, 0.15) is 5.75 Å². The van der Waals surface area contributed by atoms with Crippen molar-refractivity contribution in [2.24, 2.45) is 0 Å². The molecule has 0 unspecified atom stereocenters. The van der Waals surface area contributed by atoms with Crippen LogP contribution in [0.15, 0.2) is 103 Å². The Bertz CT molecular complexity index is 1140. The van der Waals surface area contributed by atoms with Crippen molar-refractivity contribution in [2.45, 2.75) is 64.7 Å². The van der Waals surface area contributed by atoms with E-state index in [9.17, 15) is 10.2 Å². The fourth-order valence-electron chi connectivity index (χ4n) is 5.89. The van der Waals surface area contributed by atoms with E-state index >= 15 is 0 Å². The standard InChI is InChI=1S/C35H43O2P/c1-29-27-31(36)28-30(35(29)37)19-11-6-4-2-3-5-7-18-26-38(32-20-12-8-13-21-32,33-22-14-9-15-23-33)34-24-16-10-17-25-34/h8-10,12-17,20-25,27-28,36-38H,2-7,11,18-19,26H2,1H3. The van der Waals surface area contributed by atoms with E-state index in [-0.39, 0.29) is 5.75 Å². The molecule has 0 spiro atoms. The zero-order chi connectivity index (χ0) is 26.6. The molecule has 38 heavy (non-hydrogen) atoms. The van der Waals surface area contributed by atoms with Crippen molar-refractivity contribution >= 4 is 23.2 Å². The second kappa shape index (κ2) is 14.2. The molecule has 3 heteroatoms. The Hall–Kier alpha value is -3.09. The van der Waals surface area contributed by atoms with Crippen LogP contribution in [0, 0.1) is 6.92 Å². The first kappa shape index (κ1) is 27.9. The molecule has 4 aromatic rings. The van der Waals surface area contributed by atoms with Gasteiger partial charge in [0.2, 0.25) is 0 Å². The van der Waals surface area contributed by atoms with Crippen molar-refractivity contribution in [3.05, 3.63) is 114 Å². The molecule has 0 bridgehead atoms. The molecule has 0 saturated heterocycles. The summed E-state index contributed by atoms with van der Waals surface area (Å²) in [6.45, 7) is 1.84. The third kappa shape index (κ3) is 7.06. The van der Waals surface area contributed by atoms with Crippen LogP contribution in [-0.4, -0.2) is 16.4 Å². The van der Waals surface area contributed by atoms with Gasteiger partial charge in [0.25, 0.3) is 0 Å². The number of unbranched alkanes of at least 4 members (excludes halogenated alkanes) is 7. The van der Waals surface area contributed by atoms with E-state index in [2.05, 4.69) is 91.0 Å². The van der Waals surface area contributed by atoms with Crippen LogP contribution in [0.3, 0.4) is 0 Å². The van der Waals surface area contributed by atoms with Gasteiger partial charge in [-0.2, -0.15) is 0 Å². The molecule has 0 radical (unpaired) electrons. The minimum Gasteiger partial charge on any atom is -0.507 e. The number of rotatable bonds is 14. The van der Waals surface area contributed by atoms with Crippen LogP contribution in [0.1, 0.15) is 62.5 Å². The number of aromatic hydroxyl groups is 2. The normalized spacial score (nSPS) is 11.9. The number of hydrogen-bond acceptors (Lipinski definition) is 2. The average Bonchev–Trinajstić information content (AvgIpc) is 2.96. The summed E-state index contributed by atoms with van der Waals surface area (Å²) in [5, 5.41) is 24.5. The third-order valence-corrected chi connectivity index (χ3v) is 13.0. The smallest absolute Gasteiger partial charge is 0.507 e. The van der Waals surface area contributed by atoms with Crippen molar-refractivity contribution in [3.63, 3.8) is 0 Å². The Morgan fingerprint density at radius 2 is 0.947 bits per heavy atom. The van der Waals surface area contributed by atoms with Gasteiger partial charge >= 0.3 is 196 Å². The van der Waals surface area contributed by atoms with E-state index < -0.39 is 7.26 Å². The zero-order valence-corrected chi connectivity index (χ0v) is 23.8. The van der Waals surface area contributed by atoms with Gasteiger partial charge in [0.15, 0.2) is 0 Å². The first-order chi connectivity index (χ1) is 18.6. The molecule has 200 valence electrons. The zero-order valence-electron chi connectivity index (χ0n) is 22.8. The molecule has 2 nitrogen and oxygen atoms in total. The van der Waals surface area contributed by atoms with Crippen LogP contribution in [0.4, 0.5) is 0 Å². The summed E-state index contributed by atoms with van der Waals surface area (Å²) in [6.07, 6.45) is 11.9. The molecule has 4 aromatic carbocycles. The maximum atomic E-state index is 10.2. The van der Waals surface area contributed by atoms with E-state index in [0.717, 1.165) is 24.0 Å². The van der Waals surface area contributed by atoms with Gasteiger partial charge < -0.3 is 10.2 Å². The van der Waals surface area contributed by atoms with E-state index in [1.165, 1.54) is 67.0 Å². The van der Waals surface area contributed by atoms with Gasteiger partial charge in [-0.05, 0) is 18.6 Å². The molecule has 0 heterocycles. The predicted molar refractivity (Wildman–Crippen MR) is 167 cm³/mol. The summed E-state index contributed by atoms with van der Waals surface area (Å²) in [5.41, 5.74) is 1.62. The van der Waals surface area contributed by atoms with Gasteiger partial charge in [-0.25, -0.2) is 0 Å². The van der Waals surface area contributed by atoms with Crippen molar-refractivity contribution in [1.29, 1.82) is 0 Å². The average molecular weight is 527 g/mol. The molecule has 4 rings (SSSR count). The first-order valence-corrected chi connectivity index (χ1v) is 16.5. The molecule has 0 aliphatic rings. The molecule has 2 N–H and O–H groups in total. The Morgan fingerprint density at radius 1 is 0.526 bits per heavy atom. The molecule has 0 aliphatic heterocycles. The van der Waals surface area contributed by atoms with Crippen LogP contribution in [-0.2, 0) is 6.42 Å². The topological polar surface area (TPSA) is 40.5 Å². The third-order valence-electron chi connectivity index (χ3n) is 7.91. The van der Waals surface area contributed by atoms with Gasteiger partial charge in [-0.1, -0.05) is 0 Å². The van der Waals surface area contributed by atoms with Crippen LogP contribution >= 0.6 is 7.26 Å². The van der Waals surface area contributed by atoms with Crippen LogP contribution in [0.5, 0.6) is 11.5 Å². The number of phenolic OH excluding ortho intramolecular Hbond substituents is 2. The van der Waals surface area contributed by atoms with Crippen molar-refractivity contribution < 1.29 is 10.2 Å². The van der Waals surface area contributed by atoms with Crippen molar-refractivity contribution in [3.8, 4) is 11.5 Å². The van der Waals surface area contributed by atoms with Gasteiger partial charge in [-0.3, -0.25) is 0 Å². The Balaban J connectivity index is 1.28. The van der Waals surface area contributed by atoms with E-state index in [1.54, 1.807) is 12.1 Å². The van der Waals surface area contributed by atoms with Gasteiger partial charge in [0, 0.05) is 0 Å². The summed E-state index contributed by atoms with van der Waals surface area (Å²) < 4.78 is 0. The molecule has 0 atom stereocenters. The molecule has 0 amide bonds. The van der Waals surface area contributed by atoms with Crippen LogP contribution in [0.2, 0.25) is 0 Å². The summed E-state index contributed by atoms with van der Waals surface area (Å²) in [7, 11) is -2.09. The summed E-state index contributed by atoms with van der Waals surface area (Å²) in [4.78, 5) is 0. The quantitative estimate of drug-likeness (QED) is 0.1000. The Labute approximate surface area is 229 Å². The van der Waals surface area contributed by atoms with E-state index in [0.29, 0.717) is 5.75 Å². The Morgan fingerprint density at radius 3 is 1.42 bits per heavy atom. The number of aryl methyl sites for hydroxylation is 2. The fourth-order valence-corrected chi connectivity index (χ4v) is 10.8. The van der Waals surface area contributed by atoms with Crippen LogP contribution in [0.25, 0.3) is 0 Å². The minimum absolute atomic E-state index is 0.245. The summed E-state index contributed by atoms with van der Waals surface area (Å²) in [6, 6.07) is 37.0. The maximum absolute atomic E-state index is 10.2. The number of hydrogen-bond donors (Lipinski definition) is 2. The van der Waals surface area contributed by atoms with E-state index in [4.69, 9.17) is 0 Å². The second-order valence-corrected chi connectivity index (χ2v) is 14.6. The molecule has 0 aliphatic carbocycles. The first-order valence-electron chi connectivity index (χ1n) is 14.3. The van der Waals surface area contributed by atoms with Crippen molar-refractivity contribution in [1.82, 2.24) is 0 Å². The van der Waals surface area contributed by atoms with Crippen molar-refractivity contribution in [2.75, 3.05) is 6.16 Å². The molecular weight excluding hydrogens is 483 g/mol. The minimum atomic E-state index is -2.09. The van der Waals surface area contributed by atoms with Crippen LogP contribution < -0.4 is 15.9 Å². The fraction of sp³-hybridized carbons (Fsp3) is 0.314. The molecule has 0 aromatic heterocycles. The Kier molecular flexibility index (Phi) is 10.4. The SMILES string of the molecule is Cc1cc(O)cc(CCCCCCCCCC[PH](c2ccccc2)(c2ccccc2)c2ccccc2)c1O. The second-order valence-electron chi connectivity index (χ2n) is 10.6. The molecule has 0 saturated carbocycles. The molecular formula is C35H43O2P. The van der Waals surface area contributed by atoms with Gasteiger partial charge in [-0.15, -0.1) is 0 Å². The number of phenols is 2. The molecule has 0 fully saturated rings. The van der Waals surface area contributed by atoms with E-state index in [1.807, 2.05) is 6.92 Å². The summed E-state index contributed by atoms with van der Waals surface area (Å²) >= 11 is 0. The van der Waals surface area contributed by atoms with Gasteiger partial charge in [0.05, 0.1) is 0 Å². The predicted octanol–water partition coefficient (Wildman–Crippen LogP) is 7.80. The number of benzene rings is 4.